The molecule has 4 aromatic rings. The highest BCUT2D eigenvalue weighted by atomic mass is 31.1. The molecule has 0 aliphatic heterocycles. The summed E-state index contributed by atoms with van der Waals surface area (Å²) in [5.41, 5.74) is 11.0. The molecule has 176 valence electrons. The van der Waals surface area contributed by atoms with Crippen molar-refractivity contribution in [2.24, 2.45) is 0 Å². The average molecular weight is 469 g/mol. The molecule has 0 atom stereocenters. The van der Waals surface area contributed by atoms with Gasteiger partial charge in [0.25, 0.3) is 0 Å². The lowest BCUT2D eigenvalue weighted by Gasteiger charge is -2.27. The highest BCUT2D eigenvalue weighted by Crippen LogP contribution is 2.39. The molecule has 0 heterocycles. The molecule has 0 aliphatic carbocycles. The van der Waals surface area contributed by atoms with Gasteiger partial charge in [0, 0.05) is 0 Å². The summed E-state index contributed by atoms with van der Waals surface area (Å²) in [5.74, 6) is 0.319. The number of hydrogen-bond acceptors (Lipinski definition) is 1. The highest BCUT2D eigenvalue weighted by Gasteiger charge is 2.24. The molecule has 0 fully saturated rings. The van der Waals surface area contributed by atoms with E-state index in [1.165, 1.54) is 60.4 Å². The van der Waals surface area contributed by atoms with Crippen LogP contribution in [0.2, 0.25) is 0 Å². The molecule has 0 amide bonds. The molecule has 0 aliphatic rings. The molecule has 4 aromatic carbocycles. The second kappa shape index (κ2) is 11.0. The molecule has 34 heavy (non-hydrogen) atoms. The van der Waals surface area contributed by atoms with Gasteiger partial charge in [-0.3, -0.25) is 0 Å². The lowest BCUT2D eigenvalue weighted by molar-refractivity contribution is 0.475. The van der Waals surface area contributed by atoms with Crippen LogP contribution in [-0.4, -0.2) is 5.11 Å². The smallest absolute Gasteiger partial charge is 0.115 e. The number of rotatable bonds is 3. The standard InChI is InChI=1S/C26H31OP.C6H6/c1-15-13-25(21(7)19(5)17(15)3)28(24-11-9-23(27)10-12-24)26-14-16(2)18(4)20(6)22(26)8;1-2-4-6-5-3-1/h9-14,27H,1-8H3;1-6H. The zero-order chi connectivity index (χ0) is 25.0. The lowest BCUT2D eigenvalue weighted by atomic mass is 9.99. The van der Waals surface area contributed by atoms with Gasteiger partial charge < -0.3 is 5.11 Å². The van der Waals surface area contributed by atoms with E-state index in [0.29, 0.717) is 5.75 Å². The first-order valence-corrected chi connectivity index (χ1v) is 13.2. The van der Waals surface area contributed by atoms with Gasteiger partial charge in [-0.25, -0.2) is 0 Å². The van der Waals surface area contributed by atoms with Gasteiger partial charge in [0.2, 0.25) is 0 Å². The topological polar surface area (TPSA) is 20.2 Å². The lowest BCUT2D eigenvalue weighted by Crippen LogP contribution is -2.26. The van der Waals surface area contributed by atoms with Crippen LogP contribution in [-0.2, 0) is 0 Å². The Hall–Kier alpha value is -2.89. The Bertz CT molecular complexity index is 1180. The van der Waals surface area contributed by atoms with Gasteiger partial charge in [0.1, 0.15) is 5.75 Å². The van der Waals surface area contributed by atoms with E-state index in [9.17, 15) is 5.11 Å². The first-order chi connectivity index (χ1) is 16.1. The zero-order valence-electron chi connectivity index (χ0n) is 21.8. The first-order valence-electron chi connectivity index (χ1n) is 11.9. The van der Waals surface area contributed by atoms with Crippen molar-refractivity contribution in [3.8, 4) is 5.75 Å². The molecule has 1 N–H and O–H groups in total. The van der Waals surface area contributed by atoms with E-state index in [4.69, 9.17) is 0 Å². The van der Waals surface area contributed by atoms with E-state index < -0.39 is 7.92 Å². The number of phenolic OH excluding ortho intramolecular Hbond substituents is 1. The summed E-state index contributed by atoms with van der Waals surface area (Å²) in [6.45, 7) is 17.9. The Balaban J connectivity index is 0.000000469. The summed E-state index contributed by atoms with van der Waals surface area (Å²) in [6.07, 6.45) is 0. The Morgan fingerprint density at radius 1 is 0.471 bits per heavy atom. The van der Waals surface area contributed by atoms with Crippen LogP contribution >= 0.6 is 7.92 Å². The van der Waals surface area contributed by atoms with E-state index in [0.717, 1.165) is 0 Å². The predicted octanol–water partition coefficient (Wildman–Crippen LogP) is 7.30. The molecule has 1 nitrogen and oxygen atoms in total. The third-order valence-corrected chi connectivity index (χ3v) is 9.87. The number of benzene rings is 4. The van der Waals surface area contributed by atoms with Crippen molar-refractivity contribution in [2.75, 3.05) is 0 Å². The normalized spacial score (nSPS) is 10.7. The number of phenols is 1. The molecule has 2 heteroatoms. The summed E-state index contributed by atoms with van der Waals surface area (Å²) in [4.78, 5) is 0. The zero-order valence-corrected chi connectivity index (χ0v) is 22.7. The maximum Gasteiger partial charge on any atom is 0.115 e. The van der Waals surface area contributed by atoms with Crippen molar-refractivity contribution in [1.29, 1.82) is 0 Å². The van der Waals surface area contributed by atoms with E-state index in [-0.39, 0.29) is 0 Å². The molecule has 0 spiro atoms. The van der Waals surface area contributed by atoms with Crippen molar-refractivity contribution in [3.05, 3.63) is 117 Å². The van der Waals surface area contributed by atoms with Crippen LogP contribution in [0, 0.1) is 55.4 Å². The van der Waals surface area contributed by atoms with E-state index in [2.05, 4.69) is 79.7 Å². The number of hydrogen-bond donors (Lipinski definition) is 1. The monoisotopic (exact) mass is 468 g/mol. The van der Waals surface area contributed by atoms with Crippen molar-refractivity contribution in [1.82, 2.24) is 0 Å². The fourth-order valence-corrected chi connectivity index (χ4v) is 7.16. The van der Waals surface area contributed by atoms with Crippen LogP contribution in [0.4, 0.5) is 0 Å². The van der Waals surface area contributed by atoms with Gasteiger partial charge in [-0.2, -0.15) is 0 Å². The predicted molar refractivity (Wildman–Crippen MR) is 151 cm³/mol. The summed E-state index contributed by atoms with van der Waals surface area (Å²) < 4.78 is 0. The Morgan fingerprint density at radius 2 is 0.824 bits per heavy atom. The molecule has 0 aromatic heterocycles. The minimum atomic E-state index is -0.701. The largest absolute Gasteiger partial charge is 0.508 e. The molecule has 4 rings (SSSR count). The van der Waals surface area contributed by atoms with E-state index >= 15 is 0 Å². The molecule has 0 saturated carbocycles. The molecule has 0 unspecified atom stereocenters. The second-order valence-corrected chi connectivity index (χ2v) is 11.3. The summed E-state index contributed by atoms with van der Waals surface area (Å²) in [7, 11) is -0.701. The Labute approximate surface area is 207 Å². The average Bonchev–Trinajstić information content (AvgIpc) is 2.85. The van der Waals surface area contributed by atoms with Crippen LogP contribution in [0.15, 0.2) is 72.8 Å². The van der Waals surface area contributed by atoms with E-state index in [1.807, 2.05) is 48.5 Å². The quantitative estimate of drug-likeness (QED) is 0.313. The van der Waals surface area contributed by atoms with Gasteiger partial charge in [-0.15, -0.1) is 0 Å². The first kappa shape index (κ1) is 25.7. The SMILES string of the molecule is Cc1cc(P(c2ccc(O)cc2)c2cc(C)c(C)c(C)c2C)c(C)c(C)c1C.c1ccccc1. The van der Waals surface area contributed by atoms with Crippen molar-refractivity contribution >= 4 is 23.8 Å². The van der Waals surface area contributed by atoms with Crippen LogP contribution in [0.25, 0.3) is 0 Å². The van der Waals surface area contributed by atoms with Crippen LogP contribution in [0.1, 0.15) is 44.5 Å². The summed E-state index contributed by atoms with van der Waals surface area (Å²) in [5, 5.41) is 14.0. The third kappa shape index (κ3) is 5.43. The minimum absolute atomic E-state index is 0.319. The fourth-order valence-electron chi connectivity index (χ4n) is 4.24. The summed E-state index contributed by atoms with van der Waals surface area (Å²) in [6, 6.07) is 24.6. The maximum absolute atomic E-state index is 9.85. The van der Waals surface area contributed by atoms with Gasteiger partial charge in [0.15, 0.2) is 0 Å². The van der Waals surface area contributed by atoms with Gasteiger partial charge in [-0.05, 0) is 136 Å². The van der Waals surface area contributed by atoms with Crippen LogP contribution in [0.5, 0.6) is 5.75 Å². The fraction of sp³-hybridized carbons (Fsp3) is 0.250. The molecule has 0 radical (unpaired) electrons. The van der Waals surface area contributed by atoms with Crippen molar-refractivity contribution < 1.29 is 5.11 Å². The van der Waals surface area contributed by atoms with Gasteiger partial charge in [-0.1, -0.05) is 60.7 Å². The molecular weight excluding hydrogens is 431 g/mol. The maximum atomic E-state index is 9.85. The van der Waals surface area contributed by atoms with Crippen molar-refractivity contribution in [2.45, 2.75) is 55.4 Å². The summed E-state index contributed by atoms with van der Waals surface area (Å²) >= 11 is 0. The van der Waals surface area contributed by atoms with Crippen LogP contribution < -0.4 is 15.9 Å². The van der Waals surface area contributed by atoms with E-state index in [1.54, 1.807) is 0 Å². The number of aromatic hydroxyl groups is 1. The second-order valence-electron chi connectivity index (χ2n) is 9.18. The Morgan fingerprint density at radius 3 is 1.18 bits per heavy atom. The number of aryl methyl sites for hydroxylation is 2. The molecule has 0 saturated heterocycles. The van der Waals surface area contributed by atoms with Crippen LogP contribution in [0.3, 0.4) is 0 Å². The molecular formula is C32H37OP. The van der Waals surface area contributed by atoms with Gasteiger partial charge >= 0.3 is 0 Å². The van der Waals surface area contributed by atoms with Gasteiger partial charge in [0.05, 0.1) is 0 Å². The van der Waals surface area contributed by atoms with Crippen molar-refractivity contribution in [3.63, 3.8) is 0 Å². The third-order valence-electron chi connectivity index (χ3n) is 7.16. The molecule has 0 bridgehead atoms. The highest BCUT2D eigenvalue weighted by molar-refractivity contribution is 7.80. The minimum Gasteiger partial charge on any atom is -0.508 e. The Kier molecular flexibility index (Phi) is 8.34.